The van der Waals surface area contributed by atoms with Crippen molar-refractivity contribution in [3.63, 3.8) is 0 Å². The summed E-state index contributed by atoms with van der Waals surface area (Å²) in [6.45, 7) is 4.75. The van der Waals surface area contributed by atoms with Crippen molar-refractivity contribution in [1.29, 1.82) is 0 Å². The summed E-state index contributed by atoms with van der Waals surface area (Å²) in [7, 11) is 0. The van der Waals surface area contributed by atoms with E-state index in [1.54, 1.807) is 0 Å². The molecule has 1 aromatic carbocycles. The van der Waals surface area contributed by atoms with Crippen LogP contribution in [-0.4, -0.2) is 19.1 Å². The Morgan fingerprint density at radius 2 is 2.11 bits per heavy atom. The number of ether oxygens (including phenoxy) is 1. The number of carbonyl (C=O) groups is 1. The van der Waals surface area contributed by atoms with Crippen LogP contribution >= 0.6 is 0 Å². The minimum absolute atomic E-state index is 0.0352. The van der Waals surface area contributed by atoms with Gasteiger partial charge >= 0.3 is 0 Å². The number of hydrogen-bond donors (Lipinski definition) is 2. The van der Waals surface area contributed by atoms with Crippen molar-refractivity contribution in [2.24, 2.45) is 5.73 Å². The van der Waals surface area contributed by atoms with E-state index >= 15 is 0 Å². The van der Waals surface area contributed by atoms with E-state index < -0.39 is 0 Å². The summed E-state index contributed by atoms with van der Waals surface area (Å²) in [5, 5.41) is 2.77. The molecule has 0 fully saturated rings. The van der Waals surface area contributed by atoms with Crippen LogP contribution in [-0.2, 0) is 4.79 Å². The zero-order valence-electron chi connectivity index (χ0n) is 11.1. The van der Waals surface area contributed by atoms with Crippen molar-refractivity contribution >= 4 is 5.91 Å². The normalized spacial score (nSPS) is 11.9. The van der Waals surface area contributed by atoms with E-state index in [1.165, 1.54) is 0 Å². The van der Waals surface area contributed by atoms with E-state index in [4.69, 9.17) is 10.5 Å². The molecule has 1 rings (SSSR count). The van der Waals surface area contributed by atoms with Crippen molar-refractivity contribution in [2.75, 3.05) is 13.2 Å². The molecular formula is C14H22N2O2. The Balaban J connectivity index is 2.59. The Hall–Kier alpha value is -1.55. The molecule has 0 aliphatic carbocycles. The standard InChI is InChI=1S/C14H22N2O2/c1-3-9-16-14(17)10-18-13-8-6-5-7-11(13)12(15)4-2/h5-8,12H,3-4,9-10,15H2,1-2H3,(H,16,17)/t12-/m0/s1. The molecule has 0 spiro atoms. The van der Waals surface area contributed by atoms with Gasteiger partial charge in [0, 0.05) is 18.2 Å². The smallest absolute Gasteiger partial charge is 0.257 e. The van der Waals surface area contributed by atoms with Gasteiger partial charge in [-0.2, -0.15) is 0 Å². The van der Waals surface area contributed by atoms with E-state index in [1.807, 2.05) is 38.1 Å². The first-order chi connectivity index (χ1) is 8.69. The average molecular weight is 250 g/mol. The van der Waals surface area contributed by atoms with Gasteiger partial charge in [0.05, 0.1) is 0 Å². The Kier molecular flexibility index (Phi) is 6.22. The third-order valence-corrected chi connectivity index (χ3v) is 2.69. The molecule has 18 heavy (non-hydrogen) atoms. The molecule has 4 heteroatoms. The van der Waals surface area contributed by atoms with Crippen LogP contribution in [0.2, 0.25) is 0 Å². The van der Waals surface area contributed by atoms with Crippen LogP contribution in [0.15, 0.2) is 24.3 Å². The van der Waals surface area contributed by atoms with Crippen molar-refractivity contribution in [3.8, 4) is 5.75 Å². The van der Waals surface area contributed by atoms with Crippen molar-refractivity contribution in [2.45, 2.75) is 32.7 Å². The van der Waals surface area contributed by atoms with Crippen molar-refractivity contribution < 1.29 is 9.53 Å². The number of nitrogens with one attached hydrogen (secondary N) is 1. The maximum atomic E-state index is 11.5. The van der Waals surface area contributed by atoms with Gasteiger partial charge in [0.25, 0.3) is 5.91 Å². The Labute approximate surface area is 109 Å². The highest BCUT2D eigenvalue weighted by atomic mass is 16.5. The lowest BCUT2D eigenvalue weighted by molar-refractivity contribution is -0.123. The molecule has 0 saturated carbocycles. The lowest BCUT2D eigenvalue weighted by Crippen LogP contribution is -2.29. The second kappa shape index (κ2) is 7.71. The van der Waals surface area contributed by atoms with Crippen molar-refractivity contribution in [1.82, 2.24) is 5.32 Å². The monoisotopic (exact) mass is 250 g/mol. The molecule has 0 saturated heterocycles. The summed E-state index contributed by atoms with van der Waals surface area (Å²) in [6, 6.07) is 7.53. The fourth-order valence-electron chi connectivity index (χ4n) is 1.60. The molecule has 1 amide bonds. The fraction of sp³-hybridized carbons (Fsp3) is 0.500. The van der Waals surface area contributed by atoms with Gasteiger partial charge in [0.1, 0.15) is 5.75 Å². The van der Waals surface area contributed by atoms with E-state index in [0.29, 0.717) is 12.3 Å². The number of para-hydroxylation sites is 1. The highest BCUT2D eigenvalue weighted by Crippen LogP contribution is 2.25. The van der Waals surface area contributed by atoms with Crippen LogP contribution in [0.5, 0.6) is 5.75 Å². The molecule has 0 unspecified atom stereocenters. The van der Waals surface area contributed by atoms with Crippen LogP contribution in [0, 0.1) is 0 Å². The Morgan fingerprint density at radius 3 is 2.78 bits per heavy atom. The summed E-state index contributed by atoms with van der Waals surface area (Å²) < 4.78 is 5.53. The summed E-state index contributed by atoms with van der Waals surface area (Å²) in [5.41, 5.74) is 6.95. The second-order valence-corrected chi connectivity index (χ2v) is 4.19. The first-order valence-electron chi connectivity index (χ1n) is 6.43. The zero-order valence-corrected chi connectivity index (χ0v) is 11.1. The Morgan fingerprint density at radius 1 is 1.39 bits per heavy atom. The molecule has 100 valence electrons. The summed E-state index contributed by atoms with van der Waals surface area (Å²) in [4.78, 5) is 11.5. The van der Waals surface area contributed by atoms with Gasteiger partial charge in [-0.3, -0.25) is 4.79 Å². The molecule has 1 atom stereocenters. The van der Waals surface area contributed by atoms with Gasteiger partial charge in [-0.15, -0.1) is 0 Å². The lowest BCUT2D eigenvalue weighted by Gasteiger charge is -2.15. The quantitative estimate of drug-likeness (QED) is 0.778. The molecule has 0 aromatic heterocycles. The van der Waals surface area contributed by atoms with Crippen LogP contribution in [0.4, 0.5) is 0 Å². The maximum absolute atomic E-state index is 11.5. The molecule has 3 N–H and O–H groups in total. The molecule has 1 aromatic rings. The molecule has 0 aliphatic rings. The maximum Gasteiger partial charge on any atom is 0.257 e. The van der Waals surface area contributed by atoms with E-state index in [-0.39, 0.29) is 18.6 Å². The predicted molar refractivity (Wildman–Crippen MR) is 72.5 cm³/mol. The minimum atomic E-state index is -0.100. The minimum Gasteiger partial charge on any atom is -0.483 e. The van der Waals surface area contributed by atoms with Crippen LogP contribution in [0.3, 0.4) is 0 Å². The van der Waals surface area contributed by atoms with E-state index in [9.17, 15) is 4.79 Å². The predicted octanol–water partition coefficient (Wildman–Crippen LogP) is 2.00. The first kappa shape index (κ1) is 14.5. The SMILES string of the molecule is CCCNC(=O)COc1ccccc1[C@@H](N)CC. The number of nitrogens with two attached hydrogens (primary N) is 1. The highest BCUT2D eigenvalue weighted by molar-refractivity contribution is 5.77. The molecule has 0 heterocycles. The number of carbonyl (C=O) groups excluding carboxylic acids is 1. The zero-order chi connectivity index (χ0) is 13.4. The number of amides is 1. The summed E-state index contributed by atoms with van der Waals surface area (Å²) in [6.07, 6.45) is 1.76. The van der Waals surface area contributed by atoms with Gasteiger partial charge in [0.15, 0.2) is 6.61 Å². The van der Waals surface area contributed by atoms with Crippen LogP contribution in [0.1, 0.15) is 38.3 Å². The van der Waals surface area contributed by atoms with Crippen molar-refractivity contribution in [3.05, 3.63) is 29.8 Å². The molecule has 0 bridgehead atoms. The first-order valence-corrected chi connectivity index (χ1v) is 6.43. The van der Waals surface area contributed by atoms with Gasteiger partial charge in [-0.1, -0.05) is 32.0 Å². The van der Waals surface area contributed by atoms with Gasteiger partial charge in [-0.25, -0.2) is 0 Å². The van der Waals surface area contributed by atoms with Gasteiger partial charge in [-0.05, 0) is 18.9 Å². The molecule has 0 radical (unpaired) electrons. The number of hydrogen-bond acceptors (Lipinski definition) is 3. The van der Waals surface area contributed by atoms with E-state index in [2.05, 4.69) is 5.32 Å². The second-order valence-electron chi connectivity index (χ2n) is 4.19. The number of rotatable bonds is 7. The van der Waals surface area contributed by atoms with Crippen LogP contribution in [0.25, 0.3) is 0 Å². The number of benzene rings is 1. The van der Waals surface area contributed by atoms with Gasteiger partial charge in [0.2, 0.25) is 0 Å². The highest BCUT2D eigenvalue weighted by Gasteiger charge is 2.10. The largest absolute Gasteiger partial charge is 0.483 e. The van der Waals surface area contributed by atoms with Gasteiger partial charge < -0.3 is 15.8 Å². The third kappa shape index (κ3) is 4.37. The topological polar surface area (TPSA) is 64.3 Å². The molecule has 0 aliphatic heterocycles. The lowest BCUT2D eigenvalue weighted by atomic mass is 10.0. The average Bonchev–Trinajstić information content (AvgIpc) is 2.42. The third-order valence-electron chi connectivity index (χ3n) is 2.69. The Bertz CT molecular complexity index is 380. The molecular weight excluding hydrogens is 228 g/mol. The fourth-order valence-corrected chi connectivity index (χ4v) is 1.60. The summed E-state index contributed by atoms with van der Waals surface area (Å²) >= 11 is 0. The summed E-state index contributed by atoms with van der Waals surface area (Å²) in [5.74, 6) is 0.593. The van der Waals surface area contributed by atoms with Crippen LogP contribution < -0.4 is 15.8 Å². The molecule has 4 nitrogen and oxygen atoms in total. The van der Waals surface area contributed by atoms with E-state index in [0.717, 1.165) is 18.4 Å².